The summed E-state index contributed by atoms with van der Waals surface area (Å²) >= 11 is 1.90. The lowest BCUT2D eigenvalue weighted by Crippen LogP contribution is -2.40. The third-order valence-electron chi connectivity index (χ3n) is 3.76. The second-order valence-electron chi connectivity index (χ2n) is 6.94. The quantitative estimate of drug-likeness (QED) is 0.867. The third kappa shape index (κ3) is 4.83. The Morgan fingerprint density at radius 2 is 2.00 bits per heavy atom. The van der Waals surface area contributed by atoms with Gasteiger partial charge in [0.25, 0.3) is 0 Å². The molecule has 0 aromatic carbocycles. The van der Waals surface area contributed by atoms with Crippen LogP contribution in [-0.2, 0) is 16.8 Å². The van der Waals surface area contributed by atoms with Crippen molar-refractivity contribution in [3.63, 3.8) is 0 Å². The molecule has 0 bridgehead atoms. The van der Waals surface area contributed by atoms with Crippen LogP contribution in [0.2, 0.25) is 0 Å². The van der Waals surface area contributed by atoms with Crippen LogP contribution in [0.4, 0.5) is 5.82 Å². The van der Waals surface area contributed by atoms with Gasteiger partial charge in [-0.15, -0.1) is 0 Å². The molecule has 22 heavy (non-hydrogen) atoms. The number of aromatic nitrogens is 2. The van der Waals surface area contributed by atoms with E-state index in [0.29, 0.717) is 13.2 Å². The highest BCUT2D eigenvalue weighted by Gasteiger charge is 2.29. The molecule has 1 fully saturated rings. The second kappa shape index (κ2) is 7.15. The lowest BCUT2D eigenvalue weighted by atomic mass is 9.95. The molecular formula is C16H27N3O2S. The summed E-state index contributed by atoms with van der Waals surface area (Å²) in [6.45, 7) is 7.26. The van der Waals surface area contributed by atoms with Crippen LogP contribution < -0.4 is 5.32 Å². The fourth-order valence-corrected chi connectivity index (χ4v) is 3.58. The zero-order valence-corrected chi connectivity index (χ0v) is 14.8. The van der Waals surface area contributed by atoms with Crippen LogP contribution in [-0.4, -0.2) is 45.8 Å². The summed E-state index contributed by atoms with van der Waals surface area (Å²) in [5, 5.41) is 13.9. The van der Waals surface area contributed by atoms with E-state index in [-0.39, 0.29) is 5.41 Å². The van der Waals surface area contributed by atoms with Crippen molar-refractivity contribution >= 4 is 17.6 Å². The minimum Gasteiger partial charge on any atom is -0.388 e. The number of anilines is 1. The Kier molecular flexibility index (Phi) is 5.69. The Morgan fingerprint density at radius 1 is 1.32 bits per heavy atom. The zero-order chi connectivity index (χ0) is 16.2. The van der Waals surface area contributed by atoms with E-state index in [1.807, 2.05) is 17.8 Å². The highest BCUT2D eigenvalue weighted by Crippen LogP contribution is 2.27. The first-order chi connectivity index (χ1) is 10.3. The predicted molar refractivity (Wildman–Crippen MR) is 91.4 cm³/mol. The summed E-state index contributed by atoms with van der Waals surface area (Å²) in [5.74, 6) is 3.59. The molecule has 1 aliphatic rings. The normalized spacial score (nSPS) is 18.2. The smallest absolute Gasteiger partial charge is 0.136 e. The average molecular weight is 325 g/mol. The minimum absolute atomic E-state index is 0.126. The van der Waals surface area contributed by atoms with Crippen LogP contribution in [0, 0.1) is 0 Å². The minimum atomic E-state index is -0.625. The highest BCUT2D eigenvalue weighted by atomic mass is 32.2. The van der Waals surface area contributed by atoms with E-state index in [4.69, 9.17) is 4.74 Å². The van der Waals surface area contributed by atoms with Gasteiger partial charge in [-0.1, -0.05) is 20.8 Å². The van der Waals surface area contributed by atoms with Gasteiger partial charge in [0, 0.05) is 25.1 Å². The molecule has 0 radical (unpaired) electrons. The van der Waals surface area contributed by atoms with Gasteiger partial charge in [0.15, 0.2) is 0 Å². The fourth-order valence-electron chi connectivity index (χ4n) is 2.33. The lowest BCUT2D eigenvalue weighted by Gasteiger charge is -2.32. The van der Waals surface area contributed by atoms with Gasteiger partial charge in [0.2, 0.25) is 0 Å². The Balaban J connectivity index is 2.13. The summed E-state index contributed by atoms with van der Waals surface area (Å²) in [4.78, 5) is 9.17. The van der Waals surface area contributed by atoms with Gasteiger partial charge in [0.1, 0.15) is 11.6 Å². The standard InChI is InChI=1S/C16H27N3O2S/c1-15(2,3)14-18-12(10-21-4)9-13(19-14)17-11-16(20)5-7-22-8-6-16/h9,20H,5-8,10-11H2,1-4H3,(H,17,18,19). The molecule has 1 aromatic heterocycles. The Morgan fingerprint density at radius 3 is 2.59 bits per heavy atom. The average Bonchev–Trinajstić information content (AvgIpc) is 2.45. The van der Waals surface area contributed by atoms with Crippen molar-refractivity contribution in [2.75, 3.05) is 30.5 Å². The van der Waals surface area contributed by atoms with E-state index in [9.17, 15) is 5.11 Å². The van der Waals surface area contributed by atoms with Gasteiger partial charge >= 0.3 is 0 Å². The van der Waals surface area contributed by atoms with Gasteiger partial charge in [-0.3, -0.25) is 0 Å². The molecule has 0 aliphatic carbocycles. The van der Waals surface area contributed by atoms with Gasteiger partial charge in [0.05, 0.1) is 17.9 Å². The summed E-state index contributed by atoms with van der Waals surface area (Å²) < 4.78 is 5.19. The van der Waals surface area contributed by atoms with Crippen molar-refractivity contribution in [2.45, 2.75) is 51.2 Å². The molecule has 1 saturated heterocycles. The molecule has 5 nitrogen and oxygen atoms in total. The van der Waals surface area contributed by atoms with E-state index >= 15 is 0 Å². The first-order valence-electron chi connectivity index (χ1n) is 7.74. The maximum absolute atomic E-state index is 10.6. The maximum atomic E-state index is 10.6. The van der Waals surface area contributed by atoms with Crippen molar-refractivity contribution in [1.82, 2.24) is 9.97 Å². The number of methoxy groups -OCH3 is 1. The SMILES string of the molecule is COCc1cc(NCC2(O)CCSCC2)nc(C(C)(C)C)n1. The third-order valence-corrected chi connectivity index (χ3v) is 4.75. The Labute approximate surface area is 137 Å². The number of thioether (sulfide) groups is 1. The molecule has 1 aliphatic heterocycles. The van der Waals surface area contributed by atoms with E-state index in [0.717, 1.165) is 41.7 Å². The zero-order valence-electron chi connectivity index (χ0n) is 14.0. The van der Waals surface area contributed by atoms with Gasteiger partial charge in [-0.05, 0) is 24.3 Å². The number of nitrogens with one attached hydrogen (secondary N) is 1. The molecule has 2 N–H and O–H groups in total. The predicted octanol–water partition coefficient (Wildman–Crippen LogP) is 2.59. The summed E-state index contributed by atoms with van der Waals surface area (Å²) in [7, 11) is 1.66. The first kappa shape index (κ1) is 17.5. The molecule has 0 amide bonds. The molecule has 2 rings (SSSR count). The molecular weight excluding hydrogens is 298 g/mol. The van der Waals surface area contributed by atoms with Crippen molar-refractivity contribution in [2.24, 2.45) is 0 Å². The number of hydrogen-bond acceptors (Lipinski definition) is 6. The molecule has 0 atom stereocenters. The molecule has 1 aromatic rings. The van der Waals surface area contributed by atoms with Crippen molar-refractivity contribution in [3.05, 3.63) is 17.6 Å². The van der Waals surface area contributed by atoms with E-state index in [1.165, 1.54) is 0 Å². The molecule has 0 saturated carbocycles. The van der Waals surface area contributed by atoms with E-state index in [1.54, 1.807) is 7.11 Å². The van der Waals surface area contributed by atoms with Crippen LogP contribution in [0.3, 0.4) is 0 Å². The summed E-state index contributed by atoms with van der Waals surface area (Å²) in [5.41, 5.74) is 0.106. The van der Waals surface area contributed by atoms with Gasteiger partial charge in [-0.25, -0.2) is 9.97 Å². The monoisotopic (exact) mass is 325 g/mol. The molecule has 0 spiro atoms. The Hall–Kier alpha value is -0.850. The van der Waals surface area contributed by atoms with E-state index in [2.05, 4.69) is 36.1 Å². The molecule has 0 unspecified atom stereocenters. The molecule has 6 heteroatoms. The van der Waals surface area contributed by atoms with Crippen LogP contribution in [0.5, 0.6) is 0 Å². The van der Waals surface area contributed by atoms with Gasteiger partial charge < -0.3 is 15.2 Å². The van der Waals surface area contributed by atoms with Crippen molar-refractivity contribution in [3.8, 4) is 0 Å². The van der Waals surface area contributed by atoms with Crippen LogP contribution >= 0.6 is 11.8 Å². The maximum Gasteiger partial charge on any atom is 0.136 e. The Bertz CT molecular complexity index is 497. The number of ether oxygens (including phenoxy) is 1. The highest BCUT2D eigenvalue weighted by molar-refractivity contribution is 7.99. The van der Waals surface area contributed by atoms with Crippen LogP contribution in [0.1, 0.15) is 45.1 Å². The van der Waals surface area contributed by atoms with Crippen molar-refractivity contribution in [1.29, 1.82) is 0 Å². The topological polar surface area (TPSA) is 67.3 Å². The molecule has 2 heterocycles. The lowest BCUT2D eigenvalue weighted by molar-refractivity contribution is 0.0453. The number of nitrogens with zero attached hydrogens (tertiary/aromatic N) is 2. The van der Waals surface area contributed by atoms with Crippen LogP contribution in [0.15, 0.2) is 6.07 Å². The number of hydrogen-bond donors (Lipinski definition) is 2. The second-order valence-corrected chi connectivity index (χ2v) is 8.17. The van der Waals surface area contributed by atoms with Gasteiger partial charge in [-0.2, -0.15) is 11.8 Å². The van der Waals surface area contributed by atoms with Crippen LogP contribution in [0.25, 0.3) is 0 Å². The van der Waals surface area contributed by atoms with Crippen molar-refractivity contribution < 1.29 is 9.84 Å². The molecule has 124 valence electrons. The fraction of sp³-hybridized carbons (Fsp3) is 0.750. The number of rotatable bonds is 5. The number of aliphatic hydroxyl groups is 1. The summed E-state index contributed by atoms with van der Waals surface area (Å²) in [6, 6.07) is 1.90. The van der Waals surface area contributed by atoms with E-state index < -0.39 is 5.60 Å². The first-order valence-corrected chi connectivity index (χ1v) is 8.89. The summed E-state index contributed by atoms with van der Waals surface area (Å²) in [6.07, 6.45) is 1.65. The largest absolute Gasteiger partial charge is 0.388 e.